The van der Waals surface area contributed by atoms with Crippen molar-refractivity contribution < 1.29 is 28.8 Å². The minimum atomic E-state index is -5.36. The Kier molecular flexibility index (Phi) is 4.17. The lowest BCUT2D eigenvalue weighted by molar-refractivity contribution is 0.437. The minimum Gasteiger partial charge on any atom is -0.358 e. The molecule has 0 aliphatic carbocycles. The van der Waals surface area contributed by atoms with Gasteiger partial charge in [0, 0.05) is 12.5 Å². The van der Waals surface area contributed by atoms with Crippen LogP contribution in [0, 0.1) is 19.3 Å². The van der Waals surface area contributed by atoms with Crippen molar-refractivity contribution in [1.82, 2.24) is 0 Å². The van der Waals surface area contributed by atoms with Crippen LogP contribution in [0.1, 0.15) is 11.1 Å². The molecule has 0 atom stereocenters. The van der Waals surface area contributed by atoms with Gasteiger partial charge in [-0.2, -0.15) is 16.8 Å². The Morgan fingerprint density at radius 3 is 2.26 bits per heavy atom. The third-order valence-electron chi connectivity index (χ3n) is 2.20. The molecule has 0 spiro atoms. The maximum Gasteiger partial charge on any atom is 0.488 e. The fourth-order valence-corrected chi connectivity index (χ4v) is 2.26. The monoisotopic (exact) mass is 310 g/mol. The van der Waals surface area contributed by atoms with Crippen molar-refractivity contribution in [3.05, 3.63) is 23.3 Å². The predicted octanol–water partition coefficient (Wildman–Crippen LogP) is 1.42. The summed E-state index contributed by atoms with van der Waals surface area (Å²) in [4.78, 5) is -0.859. The van der Waals surface area contributed by atoms with Crippen LogP contribution in [0.5, 0.6) is 5.75 Å². The molecular formula is C10H8F2O5S2. The van der Waals surface area contributed by atoms with Crippen molar-refractivity contribution in [3.8, 4) is 18.1 Å². The van der Waals surface area contributed by atoms with E-state index in [0.717, 1.165) is 6.07 Å². The molecule has 0 bridgehead atoms. The summed E-state index contributed by atoms with van der Waals surface area (Å²) in [6, 6.07) is 1.50. The number of hydrogen-bond acceptors (Lipinski definition) is 5. The summed E-state index contributed by atoms with van der Waals surface area (Å²) in [5.41, 5.74) is 0.242. The topological polar surface area (TPSA) is 77.5 Å². The molecule has 0 fully saturated rings. The van der Waals surface area contributed by atoms with Crippen LogP contribution in [0.4, 0.5) is 7.77 Å². The van der Waals surface area contributed by atoms with Crippen molar-refractivity contribution in [2.45, 2.75) is 18.2 Å². The molecule has 0 aliphatic heterocycles. The van der Waals surface area contributed by atoms with Crippen LogP contribution in [0.3, 0.4) is 0 Å². The maximum absolute atomic E-state index is 12.9. The average Bonchev–Trinajstić information content (AvgIpc) is 2.20. The highest BCUT2D eigenvalue weighted by atomic mass is 32.3. The molecule has 104 valence electrons. The molecule has 5 nitrogen and oxygen atoms in total. The molecule has 0 amide bonds. The first kappa shape index (κ1) is 15.4. The van der Waals surface area contributed by atoms with E-state index >= 15 is 0 Å². The highest BCUT2D eigenvalue weighted by Gasteiger charge is 2.20. The van der Waals surface area contributed by atoms with Gasteiger partial charge in [-0.15, -0.1) is 16.2 Å². The van der Waals surface area contributed by atoms with Crippen LogP contribution in [-0.4, -0.2) is 16.8 Å². The van der Waals surface area contributed by atoms with Crippen LogP contribution in [0.25, 0.3) is 0 Å². The van der Waals surface area contributed by atoms with Gasteiger partial charge in [-0.25, -0.2) is 0 Å². The molecule has 0 aromatic heterocycles. The van der Waals surface area contributed by atoms with E-state index in [-0.39, 0.29) is 17.5 Å². The molecule has 1 rings (SSSR count). The predicted molar refractivity (Wildman–Crippen MR) is 62.7 cm³/mol. The van der Waals surface area contributed by atoms with E-state index in [1.54, 1.807) is 0 Å². The van der Waals surface area contributed by atoms with Gasteiger partial charge in [-0.3, -0.25) is 0 Å². The first-order chi connectivity index (χ1) is 8.54. The smallest absolute Gasteiger partial charge is 0.358 e. The second-order valence-corrected chi connectivity index (χ2v) is 5.80. The van der Waals surface area contributed by atoms with Gasteiger partial charge in [-0.1, -0.05) is 3.89 Å². The summed E-state index contributed by atoms with van der Waals surface area (Å²) in [6.07, 6.45) is 4.94. The second kappa shape index (κ2) is 5.14. The lowest BCUT2D eigenvalue weighted by atomic mass is 10.1. The summed E-state index contributed by atoms with van der Waals surface area (Å²) in [6.45, 7) is 1.34. The first-order valence-corrected chi connectivity index (χ1v) is 7.39. The number of halogens is 2. The molecular weight excluding hydrogens is 302 g/mol. The van der Waals surface area contributed by atoms with Crippen molar-refractivity contribution >= 4 is 20.7 Å². The summed E-state index contributed by atoms with van der Waals surface area (Å²) in [5.74, 6) is 1.54. The van der Waals surface area contributed by atoms with Gasteiger partial charge >= 0.3 is 20.7 Å². The summed E-state index contributed by atoms with van der Waals surface area (Å²) in [5, 5.41) is 0. The third-order valence-corrected chi connectivity index (χ3v) is 3.38. The Balaban J connectivity index is 3.54. The van der Waals surface area contributed by atoms with Gasteiger partial charge in [0.05, 0.1) is 0 Å². The zero-order chi connectivity index (χ0) is 14.8. The lowest BCUT2D eigenvalue weighted by Crippen LogP contribution is -2.06. The molecule has 1 aromatic rings. The SMILES string of the molecule is C#CCc1cc(S(=O)(=O)F)cc(OS(=O)(=O)F)c1C. The van der Waals surface area contributed by atoms with E-state index < -0.39 is 31.4 Å². The maximum atomic E-state index is 12.9. The van der Waals surface area contributed by atoms with E-state index in [1.807, 2.05) is 0 Å². The van der Waals surface area contributed by atoms with Gasteiger partial charge in [0.15, 0.2) is 0 Å². The zero-order valence-corrected chi connectivity index (χ0v) is 11.2. The van der Waals surface area contributed by atoms with Gasteiger partial charge in [0.2, 0.25) is 0 Å². The van der Waals surface area contributed by atoms with Crippen molar-refractivity contribution in [2.75, 3.05) is 0 Å². The third kappa shape index (κ3) is 4.18. The molecule has 19 heavy (non-hydrogen) atoms. The Hall–Kier alpha value is -1.66. The minimum absolute atomic E-state index is 0.0993. The number of rotatable bonds is 4. The largest absolute Gasteiger partial charge is 0.488 e. The molecule has 9 heteroatoms. The lowest BCUT2D eigenvalue weighted by Gasteiger charge is -2.10. The second-order valence-electron chi connectivity index (χ2n) is 3.50. The Morgan fingerprint density at radius 1 is 1.26 bits per heavy atom. The molecule has 1 aromatic carbocycles. The highest BCUT2D eigenvalue weighted by molar-refractivity contribution is 7.86. The summed E-state index contributed by atoms with van der Waals surface area (Å²) in [7, 11) is -10.5. The number of terminal acetylenes is 1. The van der Waals surface area contributed by atoms with Crippen molar-refractivity contribution in [2.24, 2.45) is 0 Å². The Morgan fingerprint density at radius 2 is 1.84 bits per heavy atom. The van der Waals surface area contributed by atoms with E-state index in [4.69, 9.17) is 6.42 Å². The molecule has 0 unspecified atom stereocenters. The normalized spacial score (nSPS) is 11.9. The van der Waals surface area contributed by atoms with Gasteiger partial charge in [0.1, 0.15) is 10.6 Å². The van der Waals surface area contributed by atoms with E-state index in [1.165, 1.54) is 6.92 Å². The summed E-state index contributed by atoms with van der Waals surface area (Å²) >= 11 is 0. The highest BCUT2D eigenvalue weighted by Crippen LogP contribution is 2.29. The zero-order valence-electron chi connectivity index (χ0n) is 9.55. The quantitative estimate of drug-likeness (QED) is 0.621. The standard InChI is InChI=1S/C10H8F2O5S2/c1-3-4-8-5-9(18(11,13)14)6-10(7(8)2)17-19(12,15)16/h1,5-6H,4H2,2H3. The van der Waals surface area contributed by atoms with Crippen molar-refractivity contribution in [3.63, 3.8) is 0 Å². The Bertz CT molecular complexity index is 745. The summed E-state index contributed by atoms with van der Waals surface area (Å²) < 4.78 is 71.8. The van der Waals surface area contributed by atoms with Crippen LogP contribution in [-0.2, 0) is 27.1 Å². The van der Waals surface area contributed by atoms with E-state index in [2.05, 4.69) is 10.1 Å². The van der Waals surface area contributed by atoms with Crippen LogP contribution in [0.2, 0.25) is 0 Å². The van der Waals surface area contributed by atoms with Crippen LogP contribution < -0.4 is 4.18 Å². The van der Waals surface area contributed by atoms with E-state index in [9.17, 15) is 24.6 Å². The molecule has 0 aliphatic rings. The molecule has 0 N–H and O–H groups in total. The van der Waals surface area contributed by atoms with Crippen LogP contribution in [0.15, 0.2) is 17.0 Å². The van der Waals surface area contributed by atoms with Crippen LogP contribution >= 0.6 is 0 Å². The first-order valence-electron chi connectivity index (χ1n) is 4.70. The fourth-order valence-electron chi connectivity index (χ4n) is 1.35. The number of benzene rings is 1. The van der Waals surface area contributed by atoms with Gasteiger partial charge < -0.3 is 4.18 Å². The van der Waals surface area contributed by atoms with Gasteiger partial charge in [0.25, 0.3) is 0 Å². The molecule has 0 radical (unpaired) electrons. The molecule has 0 saturated carbocycles. The number of hydrogen-bond donors (Lipinski definition) is 0. The fraction of sp³-hybridized carbons (Fsp3) is 0.200. The van der Waals surface area contributed by atoms with Gasteiger partial charge in [-0.05, 0) is 24.1 Å². The van der Waals surface area contributed by atoms with Crippen molar-refractivity contribution in [1.29, 1.82) is 0 Å². The average molecular weight is 310 g/mol. The Labute approximate surface area is 109 Å². The van der Waals surface area contributed by atoms with E-state index in [0.29, 0.717) is 6.07 Å². The molecule has 0 saturated heterocycles. The molecule has 0 heterocycles.